The Morgan fingerprint density at radius 3 is 1.04 bits per heavy atom. The highest BCUT2D eigenvalue weighted by Crippen LogP contribution is 2.14. The fourth-order valence-electron chi connectivity index (χ4n) is 2.05. The van der Waals surface area contributed by atoms with Crippen LogP contribution >= 0.6 is 0 Å². The molecule has 0 saturated heterocycles. The summed E-state index contributed by atoms with van der Waals surface area (Å²) in [6.45, 7) is 4.96. The molecule has 0 radical (unpaired) electrons. The summed E-state index contributed by atoms with van der Waals surface area (Å²) in [6, 6.07) is -2.93. The van der Waals surface area contributed by atoms with Gasteiger partial charge in [0.25, 0.3) is 0 Å². The number of aliphatic carboxylic acids is 3. The number of rotatable bonds is 12. The summed E-state index contributed by atoms with van der Waals surface area (Å²) >= 11 is 0. The van der Waals surface area contributed by atoms with Crippen molar-refractivity contribution in [2.75, 3.05) is 16.0 Å². The number of anilines is 3. The molecular weight excluding hydrogens is 360 g/mol. The SMILES string of the molecule is CCC(Nc1nc(NC(CC)C(=O)O)nc(NC(CC)C(=O)O)n1)C(=O)O. The van der Waals surface area contributed by atoms with Crippen LogP contribution in [0.1, 0.15) is 40.0 Å². The molecule has 3 unspecified atom stereocenters. The van der Waals surface area contributed by atoms with E-state index in [1.165, 1.54) is 0 Å². The van der Waals surface area contributed by atoms with Crippen LogP contribution in [-0.4, -0.2) is 66.3 Å². The van der Waals surface area contributed by atoms with Crippen molar-refractivity contribution in [3.63, 3.8) is 0 Å². The van der Waals surface area contributed by atoms with E-state index >= 15 is 0 Å². The minimum atomic E-state index is -1.11. The molecule has 0 fully saturated rings. The average Bonchev–Trinajstić information content (AvgIpc) is 2.61. The molecule has 3 atom stereocenters. The van der Waals surface area contributed by atoms with Gasteiger partial charge in [0.15, 0.2) is 0 Å². The number of carboxylic acids is 3. The maximum Gasteiger partial charge on any atom is 0.326 e. The number of hydrogen-bond donors (Lipinski definition) is 6. The molecule has 1 aromatic heterocycles. The first-order chi connectivity index (χ1) is 12.7. The van der Waals surface area contributed by atoms with Crippen LogP contribution in [0.5, 0.6) is 0 Å². The fraction of sp³-hybridized carbons (Fsp3) is 0.600. The van der Waals surface area contributed by atoms with Gasteiger partial charge in [0.1, 0.15) is 18.1 Å². The molecule has 12 heteroatoms. The first-order valence-electron chi connectivity index (χ1n) is 8.45. The molecule has 0 saturated carbocycles. The lowest BCUT2D eigenvalue weighted by Gasteiger charge is -2.18. The van der Waals surface area contributed by atoms with Crippen LogP contribution in [0.25, 0.3) is 0 Å². The van der Waals surface area contributed by atoms with E-state index < -0.39 is 36.0 Å². The van der Waals surface area contributed by atoms with Crippen molar-refractivity contribution in [1.82, 2.24) is 15.0 Å². The van der Waals surface area contributed by atoms with E-state index in [2.05, 4.69) is 30.9 Å². The molecule has 150 valence electrons. The van der Waals surface area contributed by atoms with Gasteiger partial charge in [-0.3, -0.25) is 0 Å². The Hall–Kier alpha value is -3.18. The lowest BCUT2D eigenvalue weighted by molar-refractivity contribution is -0.138. The topological polar surface area (TPSA) is 187 Å². The average molecular weight is 384 g/mol. The molecular formula is C15H24N6O6. The van der Waals surface area contributed by atoms with Gasteiger partial charge < -0.3 is 31.3 Å². The quantitative estimate of drug-likeness (QED) is 0.296. The van der Waals surface area contributed by atoms with E-state index in [0.717, 1.165) is 0 Å². The summed E-state index contributed by atoms with van der Waals surface area (Å²) < 4.78 is 0. The Balaban J connectivity index is 3.22. The maximum absolute atomic E-state index is 11.2. The van der Waals surface area contributed by atoms with Gasteiger partial charge in [-0.15, -0.1) is 0 Å². The van der Waals surface area contributed by atoms with E-state index in [1.807, 2.05) is 0 Å². The zero-order valence-corrected chi connectivity index (χ0v) is 15.3. The second-order valence-electron chi connectivity index (χ2n) is 5.64. The normalized spacial score (nSPS) is 13.9. The smallest absolute Gasteiger partial charge is 0.326 e. The van der Waals surface area contributed by atoms with Crippen LogP contribution in [0.4, 0.5) is 17.8 Å². The van der Waals surface area contributed by atoms with Crippen molar-refractivity contribution in [1.29, 1.82) is 0 Å². The highest BCUT2D eigenvalue weighted by atomic mass is 16.4. The lowest BCUT2D eigenvalue weighted by atomic mass is 10.2. The number of hydrogen-bond acceptors (Lipinski definition) is 9. The van der Waals surface area contributed by atoms with Crippen molar-refractivity contribution in [3.05, 3.63) is 0 Å². The Bertz CT molecular complexity index is 582. The first kappa shape index (κ1) is 21.9. The van der Waals surface area contributed by atoms with Crippen LogP contribution in [0.3, 0.4) is 0 Å². The molecule has 1 aromatic rings. The van der Waals surface area contributed by atoms with Crippen LogP contribution in [0.15, 0.2) is 0 Å². The van der Waals surface area contributed by atoms with Crippen molar-refractivity contribution in [2.24, 2.45) is 0 Å². The largest absolute Gasteiger partial charge is 0.480 e. The summed E-state index contributed by atoms with van der Waals surface area (Å²) in [5, 5.41) is 35.3. The monoisotopic (exact) mass is 384 g/mol. The first-order valence-corrected chi connectivity index (χ1v) is 8.45. The zero-order chi connectivity index (χ0) is 20.6. The second kappa shape index (κ2) is 10.1. The lowest BCUT2D eigenvalue weighted by Crippen LogP contribution is -2.33. The van der Waals surface area contributed by atoms with E-state index in [4.69, 9.17) is 15.3 Å². The molecule has 6 N–H and O–H groups in total. The van der Waals surface area contributed by atoms with Gasteiger partial charge in [-0.05, 0) is 19.3 Å². The molecule has 1 heterocycles. The molecule has 27 heavy (non-hydrogen) atoms. The van der Waals surface area contributed by atoms with Crippen LogP contribution in [-0.2, 0) is 14.4 Å². The Labute approximate surface area is 155 Å². The van der Waals surface area contributed by atoms with Crippen molar-refractivity contribution < 1.29 is 29.7 Å². The standard InChI is InChI=1S/C15H24N6O6/c1-4-7(10(22)23)16-13-19-14(17-8(5-2)11(24)25)21-15(20-13)18-9(6-3)12(26)27/h7-9H,4-6H2,1-3H3,(H,22,23)(H,24,25)(H,26,27)(H3,16,17,18,19,20,21). The Kier molecular flexibility index (Phi) is 8.17. The van der Waals surface area contributed by atoms with Gasteiger partial charge >= 0.3 is 17.9 Å². The van der Waals surface area contributed by atoms with Crippen molar-refractivity contribution in [2.45, 2.75) is 58.2 Å². The Morgan fingerprint density at radius 1 is 0.667 bits per heavy atom. The summed E-state index contributed by atoms with van der Waals surface area (Å²) in [6.07, 6.45) is 0.726. The highest BCUT2D eigenvalue weighted by Gasteiger charge is 2.22. The molecule has 0 aromatic carbocycles. The van der Waals surface area contributed by atoms with E-state index in [9.17, 15) is 14.4 Å². The van der Waals surface area contributed by atoms with Gasteiger partial charge in [0.2, 0.25) is 17.8 Å². The third kappa shape index (κ3) is 6.56. The molecule has 0 amide bonds. The van der Waals surface area contributed by atoms with Gasteiger partial charge in [0, 0.05) is 0 Å². The third-order valence-electron chi connectivity index (χ3n) is 3.66. The van der Waals surface area contributed by atoms with Gasteiger partial charge in [-0.2, -0.15) is 15.0 Å². The maximum atomic E-state index is 11.2. The molecule has 0 spiro atoms. The molecule has 0 aliphatic rings. The molecule has 0 aliphatic heterocycles. The molecule has 0 bridgehead atoms. The van der Waals surface area contributed by atoms with Crippen LogP contribution < -0.4 is 16.0 Å². The second-order valence-corrected chi connectivity index (χ2v) is 5.64. The summed E-state index contributed by atoms with van der Waals surface area (Å²) in [7, 11) is 0. The zero-order valence-electron chi connectivity index (χ0n) is 15.3. The van der Waals surface area contributed by atoms with Crippen LogP contribution in [0.2, 0.25) is 0 Å². The number of nitrogens with zero attached hydrogens (tertiary/aromatic N) is 3. The predicted octanol–water partition coefficient (Wildman–Crippen LogP) is 0.697. The molecule has 12 nitrogen and oxygen atoms in total. The number of carbonyl (C=O) groups is 3. The third-order valence-corrected chi connectivity index (χ3v) is 3.66. The van der Waals surface area contributed by atoms with Crippen molar-refractivity contribution >= 4 is 35.8 Å². The number of nitrogens with one attached hydrogen (secondary N) is 3. The van der Waals surface area contributed by atoms with Crippen LogP contribution in [0, 0.1) is 0 Å². The predicted molar refractivity (Wildman–Crippen MR) is 95.8 cm³/mol. The highest BCUT2D eigenvalue weighted by molar-refractivity contribution is 5.78. The van der Waals surface area contributed by atoms with Gasteiger partial charge in [-0.25, -0.2) is 14.4 Å². The van der Waals surface area contributed by atoms with Gasteiger partial charge in [0.05, 0.1) is 0 Å². The summed E-state index contributed by atoms with van der Waals surface area (Å²) in [5.74, 6) is -3.71. The molecule has 1 rings (SSSR count). The van der Waals surface area contributed by atoms with E-state index in [0.29, 0.717) is 0 Å². The number of carboxylic acid groups (broad SMARTS) is 3. The molecule has 0 aliphatic carbocycles. The fourth-order valence-corrected chi connectivity index (χ4v) is 2.05. The number of aromatic nitrogens is 3. The minimum Gasteiger partial charge on any atom is -0.480 e. The van der Waals surface area contributed by atoms with E-state index in [1.54, 1.807) is 20.8 Å². The van der Waals surface area contributed by atoms with Crippen molar-refractivity contribution in [3.8, 4) is 0 Å². The van der Waals surface area contributed by atoms with Gasteiger partial charge in [-0.1, -0.05) is 20.8 Å². The summed E-state index contributed by atoms with van der Waals surface area (Å²) in [5.41, 5.74) is 0. The van der Waals surface area contributed by atoms with E-state index in [-0.39, 0.29) is 37.1 Å². The summed E-state index contributed by atoms with van der Waals surface area (Å²) in [4.78, 5) is 45.6. The minimum absolute atomic E-state index is 0.121. The Morgan fingerprint density at radius 2 is 0.889 bits per heavy atom.